The Morgan fingerprint density at radius 3 is 2.33 bits per heavy atom. The molecule has 0 rings (SSSR count). The molecule has 0 N–H and O–H groups in total. The predicted molar refractivity (Wildman–Crippen MR) is 54.4 cm³/mol. The average Bonchev–Trinajstić information content (AvgIpc) is 2.11. The zero-order valence-corrected chi connectivity index (χ0v) is 8.94. The summed E-state index contributed by atoms with van der Waals surface area (Å²) in [4.78, 5) is 0. The van der Waals surface area contributed by atoms with Crippen LogP contribution in [-0.2, 0) is 4.74 Å². The first kappa shape index (κ1) is 12.0. The molecule has 1 heteroatoms. The lowest BCUT2D eigenvalue weighted by molar-refractivity contribution is 0.173. The van der Waals surface area contributed by atoms with Gasteiger partial charge in [-0.15, -0.1) is 0 Å². The molecule has 0 saturated heterocycles. The molecule has 0 aliphatic rings. The number of hydrogen-bond acceptors (Lipinski definition) is 1. The second-order valence-corrected chi connectivity index (χ2v) is 3.55. The Bertz CT molecular complexity index is 81.1. The standard InChI is InChI=1S/C11H24O/c1-4-6-7-8-11(5-2)9-10-12-3/h11H,4-10H2,1-3H3/t11-/m0/s1. The van der Waals surface area contributed by atoms with Crippen LogP contribution in [0.3, 0.4) is 0 Å². The largest absolute Gasteiger partial charge is 0.385 e. The lowest BCUT2D eigenvalue weighted by Gasteiger charge is -2.13. The fraction of sp³-hybridized carbons (Fsp3) is 1.00. The van der Waals surface area contributed by atoms with E-state index in [1.54, 1.807) is 7.11 Å². The molecule has 1 nitrogen and oxygen atoms in total. The quantitative estimate of drug-likeness (QED) is 0.508. The van der Waals surface area contributed by atoms with Crippen LogP contribution >= 0.6 is 0 Å². The molecule has 0 amide bonds. The zero-order chi connectivity index (χ0) is 9.23. The Labute approximate surface area is 77.5 Å². The summed E-state index contributed by atoms with van der Waals surface area (Å²) in [5, 5.41) is 0. The van der Waals surface area contributed by atoms with Gasteiger partial charge in [-0.1, -0.05) is 46.0 Å². The van der Waals surface area contributed by atoms with Crippen molar-refractivity contribution in [2.24, 2.45) is 5.92 Å². The van der Waals surface area contributed by atoms with Gasteiger partial charge in [-0.2, -0.15) is 0 Å². The molecular formula is C11H24O. The number of hydrogen-bond donors (Lipinski definition) is 0. The molecule has 0 spiro atoms. The van der Waals surface area contributed by atoms with Crippen LogP contribution < -0.4 is 0 Å². The fourth-order valence-electron chi connectivity index (χ4n) is 1.52. The highest BCUT2D eigenvalue weighted by Gasteiger charge is 2.04. The first-order valence-corrected chi connectivity index (χ1v) is 5.34. The van der Waals surface area contributed by atoms with Crippen molar-refractivity contribution in [3.05, 3.63) is 0 Å². The van der Waals surface area contributed by atoms with E-state index in [1.165, 1.54) is 38.5 Å². The lowest BCUT2D eigenvalue weighted by Crippen LogP contribution is -2.03. The van der Waals surface area contributed by atoms with Crippen LogP contribution in [0.1, 0.15) is 52.4 Å². The zero-order valence-electron chi connectivity index (χ0n) is 8.94. The second kappa shape index (κ2) is 9.05. The van der Waals surface area contributed by atoms with Gasteiger partial charge in [-0.25, -0.2) is 0 Å². The van der Waals surface area contributed by atoms with Crippen molar-refractivity contribution in [1.29, 1.82) is 0 Å². The average molecular weight is 172 g/mol. The third-order valence-electron chi connectivity index (χ3n) is 2.52. The summed E-state index contributed by atoms with van der Waals surface area (Å²) in [6, 6.07) is 0. The number of ether oxygens (including phenoxy) is 1. The molecule has 0 radical (unpaired) electrons. The van der Waals surface area contributed by atoms with Crippen molar-refractivity contribution in [3.63, 3.8) is 0 Å². The monoisotopic (exact) mass is 172 g/mol. The van der Waals surface area contributed by atoms with Gasteiger partial charge in [0.05, 0.1) is 0 Å². The highest BCUT2D eigenvalue weighted by molar-refractivity contribution is 4.56. The van der Waals surface area contributed by atoms with Crippen LogP contribution in [0.15, 0.2) is 0 Å². The first-order chi connectivity index (χ1) is 5.85. The summed E-state index contributed by atoms with van der Waals surface area (Å²) in [5.74, 6) is 0.900. The van der Waals surface area contributed by atoms with Crippen LogP contribution in [0.25, 0.3) is 0 Å². The highest BCUT2D eigenvalue weighted by Crippen LogP contribution is 2.16. The first-order valence-electron chi connectivity index (χ1n) is 5.34. The van der Waals surface area contributed by atoms with Gasteiger partial charge < -0.3 is 4.74 Å². The van der Waals surface area contributed by atoms with Crippen LogP contribution in [0, 0.1) is 5.92 Å². The summed E-state index contributed by atoms with van der Waals surface area (Å²) >= 11 is 0. The number of rotatable bonds is 8. The molecule has 0 aliphatic heterocycles. The fourth-order valence-corrected chi connectivity index (χ4v) is 1.52. The van der Waals surface area contributed by atoms with Crippen LogP contribution in [0.4, 0.5) is 0 Å². The SMILES string of the molecule is CCCCC[C@H](CC)CCOC. The second-order valence-electron chi connectivity index (χ2n) is 3.55. The minimum absolute atomic E-state index is 0.900. The van der Waals surface area contributed by atoms with Crippen molar-refractivity contribution >= 4 is 0 Å². The summed E-state index contributed by atoms with van der Waals surface area (Å²) < 4.78 is 5.08. The van der Waals surface area contributed by atoms with Gasteiger partial charge in [-0.3, -0.25) is 0 Å². The van der Waals surface area contributed by atoms with E-state index in [0.717, 1.165) is 12.5 Å². The lowest BCUT2D eigenvalue weighted by atomic mass is 9.96. The smallest absolute Gasteiger partial charge is 0.0464 e. The minimum Gasteiger partial charge on any atom is -0.385 e. The molecule has 0 aromatic rings. The topological polar surface area (TPSA) is 9.23 Å². The molecule has 1 atom stereocenters. The third-order valence-corrected chi connectivity index (χ3v) is 2.52. The van der Waals surface area contributed by atoms with Gasteiger partial charge in [0, 0.05) is 13.7 Å². The van der Waals surface area contributed by atoms with Gasteiger partial charge in [0.15, 0.2) is 0 Å². The molecule has 74 valence electrons. The van der Waals surface area contributed by atoms with E-state index in [2.05, 4.69) is 13.8 Å². The van der Waals surface area contributed by atoms with E-state index in [1.807, 2.05) is 0 Å². The van der Waals surface area contributed by atoms with Gasteiger partial charge >= 0.3 is 0 Å². The summed E-state index contributed by atoms with van der Waals surface area (Å²) in [6.45, 7) is 5.48. The van der Waals surface area contributed by atoms with E-state index in [0.29, 0.717) is 0 Å². The summed E-state index contributed by atoms with van der Waals surface area (Å²) in [7, 11) is 1.79. The van der Waals surface area contributed by atoms with Crippen molar-refractivity contribution < 1.29 is 4.74 Å². The van der Waals surface area contributed by atoms with Gasteiger partial charge in [0.25, 0.3) is 0 Å². The Kier molecular flexibility index (Phi) is 9.02. The Hall–Kier alpha value is -0.0400. The third kappa shape index (κ3) is 6.66. The maximum atomic E-state index is 5.08. The number of unbranched alkanes of at least 4 members (excludes halogenated alkanes) is 2. The molecule has 12 heavy (non-hydrogen) atoms. The van der Waals surface area contributed by atoms with E-state index < -0.39 is 0 Å². The van der Waals surface area contributed by atoms with Crippen molar-refractivity contribution in [1.82, 2.24) is 0 Å². The Morgan fingerprint density at radius 1 is 1.08 bits per heavy atom. The van der Waals surface area contributed by atoms with Crippen molar-refractivity contribution in [2.75, 3.05) is 13.7 Å². The maximum absolute atomic E-state index is 5.08. The normalized spacial score (nSPS) is 13.2. The minimum atomic E-state index is 0.900. The Balaban J connectivity index is 3.26. The van der Waals surface area contributed by atoms with E-state index in [-0.39, 0.29) is 0 Å². The molecule has 0 saturated carbocycles. The van der Waals surface area contributed by atoms with Gasteiger partial charge in [-0.05, 0) is 12.3 Å². The number of methoxy groups -OCH3 is 1. The predicted octanol–water partition coefficient (Wildman–Crippen LogP) is 3.63. The molecule has 0 bridgehead atoms. The molecule has 0 fully saturated rings. The van der Waals surface area contributed by atoms with Crippen molar-refractivity contribution in [2.45, 2.75) is 52.4 Å². The molecular weight excluding hydrogens is 148 g/mol. The highest BCUT2D eigenvalue weighted by atomic mass is 16.5. The van der Waals surface area contributed by atoms with Crippen LogP contribution in [-0.4, -0.2) is 13.7 Å². The summed E-state index contributed by atoms with van der Waals surface area (Å²) in [6.07, 6.45) is 8.08. The Morgan fingerprint density at radius 2 is 1.83 bits per heavy atom. The summed E-state index contributed by atoms with van der Waals surface area (Å²) in [5.41, 5.74) is 0. The van der Waals surface area contributed by atoms with Gasteiger partial charge in [0.2, 0.25) is 0 Å². The van der Waals surface area contributed by atoms with E-state index in [4.69, 9.17) is 4.74 Å². The molecule has 0 unspecified atom stereocenters. The van der Waals surface area contributed by atoms with E-state index in [9.17, 15) is 0 Å². The molecule has 0 aromatic heterocycles. The molecule has 0 aromatic carbocycles. The molecule has 0 heterocycles. The maximum Gasteiger partial charge on any atom is 0.0464 e. The van der Waals surface area contributed by atoms with Gasteiger partial charge in [0.1, 0.15) is 0 Å². The molecule has 0 aliphatic carbocycles. The van der Waals surface area contributed by atoms with Crippen LogP contribution in [0.2, 0.25) is 0 Å². The van der Waals surface area contributed by atoms with Crippen LogP contribution in [0.5, 0.6) is 0 Å². The van der Waals surface area contributed by atoms with Crippen molar-refractivity contribution in [3.8, 4) is 0 Å². The van der Waals surface area contributed by atoms with E-state index >= 15 is 0 Å².